The van der Waals surface area contributed by atoms with Crippen LogP contribution < -0.4 is 20.1 Å². The van der Waals surface area contributed by atoms with Gasteiger partial charge in [-0.2, -0.15) is 0 Å². The van der Waals surface area contributed by atoms with Crippen molar-refractivity contribution in [2.24, 2.45) is 0 Å². The fourth-order valence-corrected chi connectivity index (χ4v) is 6.01. The molecule has 1 amide bonds. The summed E-state index contributed by atoms with van der Waals surface area (Å²) < 4.78 is 11.0. The molecule has 0 aliphatic carbocycles. The molecule has 3 aromatic rings. The van der Waals surface area contributed by atoms with Gasteiger partial charge in [0.05, 0.1) is 23.3 Å². The molecular weight excluding hydrogens is 497 g/mol. The first kappa shape index (κ1) is 23.0. The first-order valence-electron chi connectivity index (χ1n) is 10.6. The summed E-state index contributed by atoms with van der Waals surface area (Å²) in [6.07, 6.45) is 0.422. The Morgan fingerprint density at radius 1 is 1.15 bits per heavy atom. The summed E-state index contributed by atoms with van der Waals surface area (Å²) in [5.74, 6) is -0.132. The lowest BCUT2D eigenvalue weighted by Gasteiger charge is -2.27. The van der Waals surface area contributed by atoms with Gasteiger partial charge in [-0.3, -0.25) is 4.79 Å². The average molecular weight is 518 g/mol. The first-order chi connectivity index (χ1) is 16.3. The number of halogens is 2. The summed E-state index contributed by atoms with van der Waals surface area (Å²) >= 11 is 13.7. The van der Waals surface area contributed by atoms with Crippen LogP contribution in [0.1, 0.15) is 42.9 Å². The van der Waals surface area contributed by atoms with Gasteiger partial charge in [-0.25, -0.2) is 4.79 Å². The van der Waals surface area contributed by atoms with E-state index < -0.39 is 12.1 Å². The number of rotatable bonds is 4. The van der Waals surface area contributed by atoms with E-state index >= 15 is 0 Å². The zero-order valence-corrected chi connectivity index (χ0v) is 20.7. The molecule has 0 spiro atoms. The van der Waals surface area contributed by atoms with Crippen LogP contribution in [0.3, 0.4) is 0 Å². The highest BCUT2D eigenvalue weighted by atomic mass is 35.5. The molecule has 176 valence electrons. The molecule has 5 rings (SSSR count). The van der Waals surface area contributed by atoms with E-state index in [-0.39, 0.29) is 22.2 Å². The molecule has 2 aromatic carbocycles. The van der Waals surface area contributed by atoms with Crippen LogP contribution in [0, 0.1) is 0 Å². The molecule has 0 saturated carbocycles. The maximum Gasteiger partial charge on any atom is 0.345 e. The van der Waals surface area contributed by atoms with Crippen molar-refractivity contribution in [3.8, 4) is 11.5 Å². The lowest BCUT2D eigenvalue weighted by molar-refractivity contribution is 0.0729. The summed E-state index contributed by atoms with van der Waals surface area (Å²) in [5, 5.41) is 7.97. The lowest BCUT2D eigenvalue weighted by Crippen LogP contribution is -2.38. The largest absolute Gasteiger partial charge is 0.493 e. The van der Waals surface area contributed by atoms with Crippen LogP contribution in [0.5, 0.6) is 11.5 Å². The number of ether oxygens (including phenoxy) is 2. The highest BCUT2D eigenvalue weighted by molar-refractivity contribution is 7.16. The summed E-state index contributed by atoms with van der Waals surface area (Å²) in [6, 6.07) is 9.69. The molecule has 1 aromatic heterocycles. The second kappa shape index (κ2) is 9.11. The summed E-state index contributed by atoms with van der Waals surface area (Å²) in [6.45, 7) is 1.78. The van der Waals surface area contributed by atoms with E-state index in [0.29, 0.717) is 10.8 Å². The second-order valence-corrected chi connectivity index (χ2v) is 10.1. The molecule has 0 bridgehead atoms. The van der Waals surface area contributed by atoms with E-state index in [1.54, 1.807) is 35.6 Å². The third-order valence-corrected chi connectivity index (χ3v) is 7.60. The SMILES string of the molecule is COc1cc([C@@H]2NC(=O)c3c(sc4c3CCN(C)C4)N2)ccc1OC(=O)c1ccc(Cl)cc1Cl. The molecule has 2 N–H and O–H groups in total. The fraction of sp³-hybridized carbons (Fsp3) is 0.250. The van der Waals surface area contributed by atoms with Gasteiger partial charge in [-0.15, -0.1) is 11.3 Å². The van der Waals surface area contributed by atoms with E-state index in [0.717, 1.165) is 41.2 Å². The topological polar surface area (TPSA) is 79.9 Å². The fourth-order valence-electron chi connectivity index (χ4n) is 4.17. The number of methoxy groups -OCH3 is 1. The second-order valence-electron chi connectivity index (χ2n) is 8.17. The number of carbonyl (C=O) groups excluding carboxylic acids is 2. The number of nitrogens with one attached hydrogen (secondary N) is 2. The minimum Gasteiger partial charge on any atom is -0.493 e. The molecule has 0 fully saturated rings. The summed E-state index contributed by atoms with van der Waals surface area (Å²) in [7, 11) is 3.57. The van der Waals surface area contributed by atoms with Crippen molar-refractivity contribution in [3.63, 3.8) is 0 Å². The van der Waals surface area contributed by atoms with Crippen molar-refractivity contribution in [2.45, 2.75) is 19.1 Å². The van der Waals surface area contributed by atoms with Gasteiger partial charge in [0, 0.05) is 23.0 Å². The number of amides is 1. The van der Waals surface area contributed by atoms with Crippen molar-refractivity contribution >= 4 is 51.4 Å². The first-order valence-corrected chi connectivity index (χ1v) is 12.2. The van der Waals surface area contributed by atoms with E-state index in [4.69, 9.17) is 32.7 Å². The minimum absolute atomic E-state index is 0.0901. The predicted molar refractivity (Wildman–Crippen MR) is 133 cm³/mol. The Hall–Kier alpha value is -2.78. The van der Waals surface area contributed by atoms with Crippen molar-refractivity contribution in [1.29, 1.82) is 0 Å². The smallest absolute Gasteiger partial charge is 0.345 e. The molecule has 3 heterocycles. The molecule has 7 nitrogen and oxygen atoms in total. The Morgan fingerprint density at radius 2 is 1.97 bits per heavy atom. The van der Waals surface area contributed by atoms with Gasteiger partial charge in [0.1, 0.15) is 11.2 Å². The normalized spacial score (nSPS) is 17.3. The Kier molecular flexibility index (Phi) is 6.16. The van der Waals surface area contributed by atoms with E-state index in [1.165, 1.54) is 24.1 Å². The zero-order valence-electron chi connectivity index (χ0n) is 18.4. The number of fused-ring (bicyclic) bond motifs is 3. The minimum atomic E-state index is -0.629. The molecular formula is C24H21Cl2N3O4S. The van der Waals surface area contributed by atoms with Gasteiger partial charge in [-0.1, -0.05) is 29.3 Å². The molecule has 10 heteroatoms. The van der Waals surface area contributed by atoms with E-state index in [1.807, 2.05) is 0 Å². The lowest BCUT2D eigenvalue weighted by atomic mass is 10.0. The number of hydrogen-bond donors (Lipinski definition) is 2. The molecule has 0 radical (unpaired) electrons. The van der Waals surface area contributed by atoms with Crippen LogP contribution in [0.4, 0.5) is 5.00 Å². The van der Waals surface area contributed by atoms with Crippen molar-refractivity contribution < 1.29 is 19.1 Å². The van der Waals surface area contributed by atoms with Gasteiger partial charge < -0.3 is 25.0 Å². The van der Waals surface area contributed by atoms with Crippen LogP contribution in [-0.2, 0) is 13.0 Å². The molecule has 2 aliphatic rings. The van der Waals surface area contributed by atoms with Crippen LogP contribution in [-0.4, -0.2) is 37.5 Å². The van der Waals surface area contributed by atoms with Gasteiger partial charge in [-0.05, 0) is 54.9 Å². The van der Waals surface area contributed by atoms with Crippen LogP contribution in [0.15, 0.2) is 36.4 Å². The molecule has 1 atom stereocenters. The van der Waals surface area contributed by atoms with Crippen LogP contribution in [0.25, 0.3) is 0 Å². The molecule has 2 aliphatic heterocycles. The Labute approximate surface area is 210 Å². The van der Waals surface area contributed by atoms with E-state index in [2.05, 4.69) is 22.6 Å². The summed E-state index contributed by atoms with van der Waals surface area (Å²) in [5.41, 5.74) is 2.85. The maximum atomic E-state index is 13.0. The maximum absolute atomic E-state index is 13.0. The third kappa shape index (κ3) is 4.22. The highest BCUT2D eigenvalue weighted by Gasteiger charge is 2.33. The Morgan fingerprint density at radius 3 is 2.74 bits per heavy atom. The van der Waals surface area contributed by atoms with E-state index in [9.17, 15) is 9.59 Å². The van der Waals surface area contributed by atoms with Gasteiger partial charge >= 0.3 is 5.97 Å². The number of benzene rings is 2. The Balaban J connectivity index is 1.38. The standard InChI is InChI=1S/C24H21Cl2N3O4S/c1-29-8-7-15-19(11-29)34-23-20(15)22(30)27-21(28-23)12-3-6-17(18(9-12)32-2)33-24(31)14-5-4-13(25)10-16(14)26/h3-6,9-10,21,28H,7-8,11H2,1-2H3,(H,27,30)/t21-/m1/s1. The number of nitrogens with zero attached hydrogens (tertiary/aromatic N) is 1. The van der Waals surface area contributed by atoms with Crippen LogP contribution >= 0.6 is 34.5 Å². The van der Waals surface area contributed by atoms with Gasteiger partial charge in [0.15, 0.2) is 11.5 Å². The Bertz CT molecular complexity index is 1310. The average Bonchev–Trinajstić information content (AvgIpc) is 3.17. The molecule has 0 unspecified atom stereocenters. The van der Waals surface area contributed by atoms with Gasteiger partial charge in [0.25, 0.3) is 5.91 Å². The van der Waals surface area contributed by atoms with Crippen molar-refractivity contribution in [3.05, 3.63) is 73.6 Å². The zero-order chi connectivity index (χ0) is 24.0. The molecule has 0 saturated heterocycles. The number of thiophene rings is 1. The van der Waals surface area contributed by atoms with Gasteiger partial charge in [0.2, 0.25) is 0 Å². The molecule has 34 heavy (non-hydrogen) atoms. The van der Waals surface area contributed by atoms with Crippen LogP contribution in [0.2, 0.25) is 10.0 Å². The number of esters is 1. The van der Waals surface area contributed by atoms with Crippen molar-refractivity contribution in [1.82, 2.24) is 10.2 Å². The predicted octanol–water partition coefficient (Wildman–Crippen LogP) is 5.12. The quantitative estimate of drug-likeness (QED) is 0.369. The number of hydrogen-bond acceptors (Lipinski definition) is 7. The number of likely N-dealkylation sites (N-methyl/N-ethyl adjacent to an activating group) is 1. The third-order valence-electron chi connectivity index (χ3n) is 5.90. The van der Waals surface area contributed by atoms with Crippen molar-refractivity contribution in [2.75, 3.05) is 26.0 Å². The summed E-state index contributed by atoms with van der Waals surface area (Å²) in [4.78, 5) is 29.1. The number of carbonyl (C=O) groups is 2. The monoisotopic (exact) mass is 517 g/mol. The number of anilines is 1. The highest BCUT2D eigenvalue weighted by Crippen LogP contribution is 2.41.